The molecule has 3 saturated heterocycles. The molecular formula is C15H28N2OS. The Morgan fingerprint density at radius 1 is 1.42 bits per heavy atom. The molecule has 1 spiro atoms. The highest BCUT2D eigenvalue weighted by atomic mass is 32.2. The second kappa shape index (κ2) is 5.92. The summed E-state index contributed by atoms with van der Waals surface area (Å²) in [6.45, 7) is 5.40. The maximum Gasteiger partial charge on any atom is 0.0795 e. The number of hydrogen-bond donors (Lipinski definition) is 1. The summed E-state index contributed by atoms with van der Waals surface area (Å²) in [5, 5.41) is 0. The van der Waals surface area contributed by atoms with Crippen molar-refractivity contribution < 1.29 is 4.74 Å². The maximum atomic E-state index is 6.16. The highest BCUT2D eigenvalue weighted by Crippen LogP contribution is 2.40. The zero-order valence-electron chi connectivity index (χ0n) is 12.1. The van der Waals surface area contributed by atoms with Crippen molar-refractivity contribution >= 4 is 11.8 Å². The molecule has 3 heterocycles. The number of hydrogen-bond acceptors (Lipinski definition) is 4. The highest BCUT2D eigenvalue weighted by molar-refractivity contribution is 7.99. The zero-order chi connectivity index (χ0) is 13.3. The van der Waals surface area contributed by atoms with Crippen molar-refractivity contribution in [2.75, 3.05) is 31.2 Å². The molecule has 0 aromatic rings. The summed E-state index contributed by atoms with van der Waals surface area (Å²) in [6, 6.07) is 1.33. The number of thioether (sulfide) groups is 1. The van der Waals surface area contributed by atoms with Gasteiger partial charge in [0.1, 0.15) is 0 Å². The molecule has 110 valence electrons. The monoisotopic (exact) mass is 284 g/mol. The third-order valence-electron chi connectivity index (χ3n) is 5.30. The Balaban J connectivity index is 1.67. The van der Waals surface area contributed by atoms with Crippen LogP contribution in [0, 0.1) is 5.92 Å². The predicted molar refractivity (Wildman–Crippen MR) is 81.6 cm³/mol. The average molecular weight is 284 g/mol. The SMILES string of the molecule is CC1CCN(C2CCOC3(CCSC3)C2)C(CN)C1. The lowest BCUT2D eigenvalue weighted by Gasteiger charge is -2.48. The van der Waals surface area contributed by atoms with Crippen LogP contribution in [-0.2, 0) is 4.74 Å². The van der Waals surface area contributed by atoms with E-state index < -0.39 is 0 Å². The Bertz CT molecular complexity index is 307. The Hall–Kier alpha value is 0.230. The van der Waals surface area contributed by atoms with Crippen LogP contribution in [0.2, 0.25) is 0 Å². The molecule has 4 heteroatoms. The van der Waals surface area contributed by atoms with Crippen molar-refractivity contribution in [3.63, 3.8) is 0 Å². The average Bonchev–Trinajstić information content (AvgIpc) is 2.86. The molecule has 0 amide bonds. The molecule has 0 bridgehead atoms. The lowest BCUT2D eigenvalue weighted by atomic mass is 9.85. The summed E-state index contributed by atoms with van der Waals surface area (Å²) in [6.07, 6.45) is 6.33. The number of nitrogens with two attached hydrogens (primary N) is 1. The van der Waals surface area contributed by atoms with E-state index >= 15 is 0 Å². The van der Waals surface area contributed by atoms with Crippen molar-refractivity contribution in [3.8, 4) is 0 Å². The molecule has 2 N–H and O–H groups in total. The number of piperidine rings is 1. The van der Waals surface area contributed by atoms with E-state index in [0.29, 0.717) is 12.1 Å². The summed E-state index contributed by atoms with van der Waals surface area (Å²) in [5.74, 6) is 3.34. The van der Waals surface area contributed by atoms with Crippen LogP contribution in [0.5, 0.6) is 0 Å². The van der Waals surface area contributed by atoms with Crippen molar-refractivity contribution in [1.82, 2.24) is 4.90 Å². The quantitative estimate of drug-likeness (QED) is 0.843. The van der Waals surface area contributed by atoms with E-state index in [4.69, 9.17) is 10.5 Å². The van der Waals surface area contributed by atoms with Gasteiger partial charge in [-0.15, -0.1) is 0 Å². The smallest absolute Gasteiger partial charge is 0.0795 e. The largest absolute Gasteiger partial charge is 0.374 e. The van der Waals surface area contributed by atoms with Crippen molar-refractivity contribution in [3.05, 3.63) is 0 Å². The number of nitrogens with zero attached hydrogens (tertiary/aromatic N) is 1. The van der Waals surface area contributed by atoms with Gasteiger partial charge in [-0.25, -0.2) is 0 Å². The lowest BCUT2D eigenvalue weighted by Crippen LogP contribution is -2.56. The molecule has 4 atom stereocenters. The van der Waals surface area contributed by atoms with Gasteiger partial charge in [0, 0.05) is 31.0 Å². The fraction of sp³-hybridized carbons (Fsp3) is 1.00. The summed E-state index contributed by atoms with van der Waals surface area (Å²) in [4.78, 5) is 2.73. The van der Waals surface area contributed by atoms with Gasteiger partial charge in [0.15, 0.2) is 0 Å². The first-order valence-electron chi connectivity index (χ1n) is 7.90. The second-order valence-corrected chi connectivity index (χ2v) is 7.84. The van der Waals surface area contributed by atoms with Crippen LogP contribution in [0.4, 0.5) is 0 Å². The molecule has 3 aliphatic heterocycles. The van der Waals surface area contributed by atoms with Gasteiger partial charge in [-0.1, -0.05) is 6.92 Å². The predicted octanol–water partition coefficient (Wildman–Crippen LogP) is 2.10. The molecule has 3 fully saturated rings. The van der Waals surface area contributed by atoms with Gasteiger partial charge in [0.05, 0.1) is 5.60 Å². The Morgan fingerprint density at radius 2 is 2.32 bits per heavy atom. The van der Waals surface area contributed by atoms with E-state index in [-0.39, 0.29) is 5.60 Å². The van der Waals surface area contributed by atoms with Gasteiger partial charge in [-0.3, -0.25) is 4.90 Å². The molecule has 19 heavy (non-hydrogen) atoms. The molecule has 3 rings (SSSR count). The van der Waals surface area contributed by atoms with Crippen LogP contribution in [0.3, 0.4) is 0 Å². The number of likely N-dealkylation sites (tertiary alicyclic amines) is 1. The molecule has 0 radical (unpaired) electrons. The summed E-state index contributed by atoms with van der Waals surface area (Å²) >= 11 is 2.07. The Kier molecular flexibility index (Phi) is 4.42. The second-order valence-electron chi connectivity index (χ2n) is 6.74. The van der Waals surface area contributed by atoms with Crippen LogP contribution in [0.25, 0.3) is 0 Å². The summed E-state index contributed by atoms with van der Waals surface area (Å²) < 4.78 is 6.16. The van der Waals surface area contributed by atoms with Crippen LogP contribution in [-0.4, -0.2) is 53.8 Å². The molecule has 4 unspecified atom stereocenters. The molecule has 0 saturated carbocycles. The lowest BCUT2D eigenvalue weighted by molar-refractivity contribution is -0.0998. The molecule has 3 aliphatic rings. The molecule has 0 aromatic heterocycles. The van der Waals surface area contributed by atoms with Gasteiger partial charge >= 0.3 is 0 Å². The van der Waals surface area contributed by atoms with E-state index in [9.17, 15) is 0 Å². The van der Waals surface area contributed by atoms with Crippen LogP contribution >= 0.6 is 11.8 Å². The first-order chi connectivity index (χ1) is 9.22. The third-order valence-corrected chi connectivity index (χ3v) is 6.52. The van der Waals surface area contributed by atoms with Gasteiger partial charge < -0.3 is 10.5 Å². The Morgan fingerprint density at radius 3 is 3.05 bits per heavy atom. The summed E-state index contributed by atoms with van der Waals surface area (Å²) in [5.41, 5.74) is 6.23. The van der Waals surface area contributed by atoms with Crippen molar-refractivity contribution in [1.29, 1.82) is 0 Å². The van der Waals surface area contributed by atoms with Crippen LogP contribution in [0.1, 0.15) is 39.0 Å². The fourth-order valence-corrected chi connectivity index (χ4v) is 5.51. The normalized spacial score (nSPS) is 44.8. The standard InChI is InChI=1S/C15H28N2OS/c1-12-2-5-17(14(8-12)10-16)13-3-6-18-15(9-13)4-7-19-11-15/h12-14H,2-11,16H2,1H3. The van der Waals surface area contributed by atoms with Gasteiger partial charge in [-0.05, 0) is 50.3 Å². The fourth-order valence-electron chi connectivity index (χ4n) is 4.13. The molecule has 0 aromatic carbocycles. The maximum absolute atomic E-state index is 6.16. The molecule has 0 aliphatic carbocycles. The van der Waals surface area contributed by atoms with Crippen molar-refractivity contribution in [2.45, 2.75) is 56.7 Å². The highest BCUT2D eigenvalue weighted by Gasteiger charge is 2.43. The summed E-state index contributed by atoms with van der Waals surface area (Å²) in [7, 11) is 0. The third kappa shape index (κ3) is 2.97. The van der Waals surface area contributed by atoms with E-state index in [1.165, 1.54) is 50.2 Å². The van der Waals surface area contributed by atoms with E-state index in [1.54, 1.807) is 0 Å². The van der Waals surface area contributed by atoms with Gasteiger partial charge in [0.25, 0.3) is 0 Å². The minimum absolute atomic E-state index is 0.204. The van der Waals surface area contributed by atoms with Gasteiger partial charge in [0.2, 0.25) is 0 Å². The van der Waals surface area contributed by atoms with E-state index in [0.717, 1.165) is 19.1 Å². The number of rotatable bonds is 2. The first kappa shape index (κ1) is 14.2. The van der Waals surface area contributed by atoms with Gasteiger partial charge in [-0.2, -0.15) is 11.8 Å². The zero-order valence-corrected chi connectivity index (χ0v) is 13.0. The topological polar surface area (TPSA) is 38.5 Å². The number of ether oxygens (including phenoxy) is 1. The van der Waals surface area contributed by atoms with E-state index in [1.807, 2.05) is 0 Å². The van der Waals surface area contributed by atoms with Crippen molar-refractivity contribution in [2.24, 2.45) is 11.7 Å². The van der Waals surface area contributed by atoms with Crippen LogP contribution < -0.4 is 5.73 Å². The minimum atomic E-state index is 0.204. The molecule has 3 nitrogen and oxygen atoms in total. The van der Waals surface area contributed by atoms with E-state index in [2.05, 4.69) is 23.6 Å². The Labute approximate surface area is 121 Å². The first-order valence-corrected chi connectivity index (χ1v) is 9.05. The minimum Gasteiger partial charge on any atom is -0.374 e. The van der Waals surface area contributed by atoms with Crippen LogP contribution in [0.15, 0.2) is 0 Å². The molecular weight excluding hydrogens is 256 g/mol.